The number of hydrogen-bond acceptors (Lipinski definition) is 4. The average molecular weight is 245 g/mol. The summed E-state index contributed by atoms with van der Waals surface area (Å²) in [5.74, 6) is 1.10. The Morgan fingerprint density at radius 3 is 2.67 bits per heavy atom. The van der Waals surface area contributed by atoms with Crippen molar-refractivity contribution in [3.8, 4) is 0 Å². The van der Waals surface area contributed by atoms with Crippen LogP contribution in [0, 0.1) is 20.8 Å². The van der Waals surface area contributed by atoms with Gasteiger partial charge in [0.25, 0.3) is 5.91 Å². The number of aromatic nitrogens is 2. The number of nitrogens with one attached hydrogen (secondary N) is 1. The van der Waals surface area contributed by atoms with Crippen LogP contribution in [0.4, 0.5) is 0 Å². The second-order valence-corrected chi connectivity index (χ2v) is 4.12. The lowest BCUT2D eigenvalue weighted by molar-refractivity contribution is 0.0946. The fourth-order valence-corrected chi connectivity index (χ4v) is 1.47. The minimum atomic E-state index is -0.184. The van der Waals surface area contributed by atoms with Gasteiger partial charge in [0.15, 0.2) is 0 Å². The largest absolute Gasteiger partial charge is 0.444 e. The Hall–Kier alpha value is -2.17. The first-order chi connectivity index (χ1) is 8.56. The Morgan fingerprint density at radius 1 is 1.33 bits per heavy atom. The highest BCUT2D eigenvalue weighted by Crippen LogP contribution is 2.08. The van der Waals surface area contributed by atoms with Crippen LogP contribution in [0.3, 0.4) is 0 Å². The Labute approximate surface area is 105 Å². The van der Waals surface area contributed by atoms with E-state index in [1.165, 1.54) is 0 Å². The van der Waals surface area contributed by atoms with Gasteiger partial charge in [0.1, 0.15) is 5.76 Å². The molecule has 18 heavy (non-hydrogen) atoms. The summed E-state index contributed by atoms with van der Waals surface area (Å²) >= 11 is 0. The first kappa shape index (κ1) is 12.3. The Balaban J connectivity index is 1.98. The summed E-state index contributed by atoms with van der Waals surface area (Å²) < 4.78 is 5.38. The maximum absolute atomic E-state index is 11.8. The van der Waals surface area contributed by atoms with Gasteiger partial charge >= 0.3 is 0 Å². The predicted octanol–water partition coefficient (Wildman–Crippen LogP) is 1.92. The molecule has 1 amide bonds. The summed E-state index contributed by atoms with van der Waals surface area (Å²) in [5, 5.41) is 2.74. The van der Waals surface area contributed by atoms with Crippen molar-refractivity contribution in [2.75, 3.05) is 0 Å². The lowest BCUT2D eigenvalue weighted by Crippen LogP contribution is -2.23. The molecule has 2 aromatic rings. The van der Waals surface area contributed by atoms with Crippen molar-refractivity contribution in [2.24, 2.45) is 0 Å². The summed E-state index contributed by atoms with van der Waals surface area (Å²) in [6, 6.07) is 3.54. The lowest BCUT2D eigenvalue weighted by Gasteiger charge is -2.02. The van der Waals surface area contributed by atoms with Crippen molar-refractivity contribution in [3.63, 3.8) is 0 Å². The molecule has 2 rings (SSSR count). The normalized spacial score (nSPS) is 10.4. The van der Waals surface area contributed by atoms with Crippen LogP contribution >= 0.6 is 0 Å². The number of oxazole rings is 1. The molecule has 0 bridgehead atoms. The van der Waals surface area contributed by atoms with Crippen LogP contribution in [0.1, 0.15) is 33.4 Å². The van der Waals surface area contributed by atoms with Crippen molar-refractivity contribution < 1.29 is 9.21 Å². The number of hydrogen-bond donors (Lipinski definition) is 1. The zero-order valence-electron chi connectivity index (χ0n) is 10.7. The molecule has 94 valence electrons. The molecular formula is C13H15N3O2. The molecule has 0 saturated heterocycles. The molecule has 0 aliphatic heterocycles. The number of rotatable bonds is 3. The molecule has 0 atom stereocenters. The fourth-order valence-electron chi connectivity index (χ4n) is 1.47. The third-order valence-electron chi connectivity index (χ3n) is 2.65. The Kier molecular flexibility index (Phi) is 3.41. The summed E-state index contributed by atoms with van der Waals surface area (Å²) in [7, 11) is 0. The van der Waals surface area contributed by atoms with Crippen LogP contribution in [-0.2, 0) is 6.54 Å². The second-order valence-electron chi connectivity index (χ2n) is 4.12. The lowest BCUT2D eigenvalue weighted by atomic mass is 10.2. The average Bonchev–Trinajstić information content (AvgIpc) is 2.67. The number of nitrogens with zero attached hydrogens (tertiary/aromatic N) is 2. The van der Waals surface area contributed by atoms with Crippen molar-refractivity contribution in [1.29, 1.82) is 0 Å². The van der Waals surface area contributed by atoms with Gasteiger partial charge in [0, 0.05) is 11.9 Å². The van der Waals surface area contributed by atoms with Gasteiger partial charge in [-0.05, 0) is 32.9 Å². The molecule has 0 unspecified atom stereocenters. The Morgan fingerprint density at radius 2 is 2.11 bits per heavy atom. The van der Waals surface area contributed by atoms with E-state index in [1.807, 2.05) is 20.8 Å². The van der Waals surface area contributed by atoms with Crippen molar-refractivity contribution >= 4 is 5.91 Å². The predicted molar refractivity (Wildman–Crippen MR) is 66.1 cm³/mol. The smallest absolute Gasteiger partial charge is 0.253 e. The molecule has 5 nitrogen and oxygen atoms in total. The van der Waals surface area contributed by atoms with E-state index in [1.54, 1.807) is 18.3 Å². The number of aryl methyl sites for hydroxylation is 3. The van der Waals surface area contributed by atoms with Crippen LogP contribution in [0.25, 0.3) is 0 Å². The quantitative estimate of drug-likeness (QED) is 0.897. The van der Waals surface area contributed by atoms with E-state index in [-0.39, 0.29) is 12.5 Å². The molecule has 0 aliphatic rings. The topological polar surface area (TPSA) is 68.0 Å². The molecule has 2 aromatic heterocycles. The van der Waals surface area contributed by atoms with Gasteiger partial charge in [-0.15, -0.1) is 0 Å². The zero-order chi connectivity index (χ0) is 13.1. The third kappa shape index (κ3) is 2.74. The molecule has 2 heterocycles. The van der Waals surface area contributed by atoms with Crippen LogP contribution in [0.15, 0.2) is 22.7 Å². The van der Waals surface area contributed by atoms with E-state index >= 15 is 0 Å². The molecule has 1 N–H and O–H groups in total. The number of carbonyl (C=O) groups excluding carboxylic acids is 1. The molecule has 0 saturated carbocycles. The summed E-state index contributed by atoms with van der Waals surface area (Å²) in [6.07, 6.45) is 1.55. The highest BCUT2D eigenvalue weighted by Gasteiger charge is 2.09. The van der Waals surface area contributed by atoms with Crippen LogP contribution in [0.5, 0.6) is 0 Å². The molecule has 0 radical (unpaired) electrons. The molecule has 0 aromatic carbocycles. The van der Waals surface area contributed by atoms with E-state index in [0.717, 1.165) is 17.1 Å². The zero-order valence-corrected chi connectivity index (χ0v) is 10.7. The van der Waals surface area contributed by atoms with E-state index in [2.05, 4.69) is 15.3 Å². The van der Waals surface area contributed by atoms with Gasteiger partial charge in [-0.25, -0.2) is 4.98 Å². The fraction of sp³-hybridized carbons (Fsp3) is 0.308. The molecule has 0 aliphatic carbocycles. The maximum atomic E-state index is 11.8. The van der Waals surface area contributed by atoms with Gasteiger partial charge < -0.3 is 9.73 Å². The van der Waals surface area contributed by atoms with Crippen molar-refractivity contribution in [3.05, 3.63) is 46.9 Å². The summed E-state index contributed by atoms with van der Waals surface area (Å²) in [6.45, 7) is 5.87. The van der Waals surface area contributed by atoms with E-state index in [4.69, 9.17) is 4.42 Å². The van der Waals surface area contributed by atoms with Crippen molar-refractivity contribution in [2.45, 2.75) is 27.3 Å². The monoisotopic (exact) mass is 245 g/mol. The third-order valence-corrected chi connectivity index (χ3v) is 2.65. The number of amides is 1. The van der Waals surface area contributed by atoms with Gasteiger partial charge in [-0.2, -0.15) is 0 Å². The second kappa shape index (κ2) is 5.00. The van der Waals surface area contributed by atoms with Gasteiger partial charge in [0.2, 0.25) is 5.89 Å². The van der Waals surface area contributed by atoms with E-state index < -0.39 is 0 Å². The first-order valence-electron chi connectivity index (χ1n) is 5.70. The van der Waals surface area contributed by atoms with Crippen LogP contribution < -0.4 is 5.32 Å². The summed E-state index contributed by atoms with van der Waals surface area (Å²) in [4.78, 5) is 20.1. The van der Waals surface area contributed by atoms with Gasteiger partial charge in [-0.3, -0.25) is 9.78 Å². The van der Waals surface area contributed by atoms with Crippen LogP contribution in [-0.4, -0.2) is 15.9 Å². The van der Waals surface area contributed by atoms with Gasteiger partial charge in [0.05, 0.1) is 17.8 Å². The van der Waals surface area contributed by atoms with Crippen molar-refractivity contribution in [1.82, 2.24) is 15.3 Å². The molecule has 0 spiro atoms. The highest BCUT2D eigenvalue weighted by molar-refractivity contribution is 5.93. The van der Waals surface area contributed by atoms with Crippen LogP contribution in [0.2, 0.25) is 0 Å². The molecular weight excluding hydrogens is 230 g/mol. The Bertz CT molecular complexity index is 539. The molecule has 5 heteroatoms. The maximum Gasteiger partial charge on any atom is 0.253 e. The van der Waals surface area contributed by atoms with E-state index in [0.29, 0.717) is 11.5 Å². The standard InChI is InChI=1S/C13H15N3O2/c1-8-4-5-11(6-14-8)13(17)15-7-12-16-9(2)10(3)18-12/h4-6H,7H2,1-3H3,(H,15,17). The molecule has 0 fully saturated rings. The van der Waals surface area contributed by atoms with E-state index in [9.17, 15) is 4.79 Å². The number of pyridine rings is 1. The SMILES string of the molecule is Cc1ccc(C(=O)NCc2nc(C)c(C)o2)cn1. The first-order valence-corrected chi connectivity index (χ1v) is 5.70. The minimum Gasteiger partial charge on any atom is -0.444 e. The minimum absolute atomic E-state index is 0.184. The van der Waals surface area contributed by atoms with Gasteiger partial charge in [-0.1, -0.05) is 0 Å². The number of carbonyl (C=O) groups is 1. The highest BCUT2D eigenvalue weighted by atomic mass is 16.4. The summed E-state index contributed by atoms with van der Waals surface area (Å²) in [5.41, 5.74) is 2.25.